The zero-order valence-electron chi connectivity index (χ0n) is 19.5. The molecule has 0 bridgehead atoms. The summed E-state index contributed by atoms with van der Waals surface area (Å²) in [6.07, 6.45) is 8.80. The van der Waals surface area contributed by atoms with Crippen molar-refractivity contribution in [2.75, 3.05) is 19.0 Å². The predicted octanol–water partition coefficient (Wildman–Crippen LogP) is 7.25. The van der Waals surface area contributed by atoms with Gasteiger partial charge >= 0.3 is 0 Å². The van der Waals surface area contributed by atoms with Gasteiger partial charge in [0.1, 0.15) is 11.5 Å². The molecule has 2 aromatic rings. The highest BCUT2D eigenvalue weighted by Crippen LogP contribution is 2.48. The molecule has 3 aliphatic rings. The van der Waals surface area contributed by atoms with Gasteiger partial charge in [0.15, 0.2) is 5.13 Å². The third-order valence-corrected chi connectivity index (χ3v) is 7.69. The Labute approximate surface area is 204 Å². The molecule has 1 aromatic carbocycles. The van der Waals surface area contributed by atoms with Gasteiger partial charge < -0.3 is 9.64 Å². The Morgan fingerprint density at radius 2 is 1.88 bits per heavy atom. The summed E-state index contributed by atoms with van der Waals surface area (Å²) in [4.78, 5) is 11.7. The molecule has 1 aliphatic heterocycles. The van der Waals surface area contributed by atoms with Gasteiger partial charge in [-0.05, 0) is 61.3 Å². The Balaban J connectivity index is 1.67. The van der Waals surface area contributed by atoms with Crippen LogP contribution in [0.15, 0.2) is 69.8 Å². The topological polar surface area (TPSA) is 53.5 Å². The zero-order chi connectivity index (χ0) is 23.7. The van der Waals surface area contributed by atoms with E-state index in [1.54, 1.807) is 11.3 Å². The molecule has 0 atom stereocenters. The third-order valence-electron chi connectivity index (χ3n) is 6.52. The molecule has 6 heteroatoms. The fraction of sp³-hybridized carbons (Fsp3) is 0.321. The number of hydrogen-bond acceptors (Lipinski definition) is 5. The lowest BCUT2D eigenvalue weighted by Gasteiger charge is -2.34. The number of rotatable bonds is 3. The minimum Gasteiger partial charge on any atom is -0.461 e. The first-order chi connectivity index (χ1) is 16.6. The summed E-state index contributed by atoms with van der Waals surface area (Å²) >= 11 is 1.67. The van der Waals surface area contributed by atoms with Crippen LogP contribution >= 0.6 is 11.3 Å². The van der Waals surface area contributed by atoms with Crippen LogP contribution in [0.25, 0.3) is 22.2 Å². The number of allylic oxidation sites excluding steroid dienone is 6. The Kier molecular flexibility index (Phi) is 6.09. The van der Waals surface area contributed by atoms with Crippen LogP contribution in [0.3, 0.4) is 0 Å². The van der Waals surface area contributed by atoms with Crippen LogP contribution < -0.4 is 4.90 Å². The van der Waals surface area contributed by atoms with E-state index in [0.29, 0.717) is 0 Å². The maximum atomic E-state index is 9.74. The average molecular weight is 467 g/mol. The van der Waals surface area contributed by atoms with E-state index in [0.717, 1.165) is 100 Å². The number of hydrogen-bond donors (Lipinski definition) is 0. The van der Waals surface area contributed by atoms with E-state index in [1.807, 2.05) is 37.2 Å². The first-order valence-electron chi connectivity index (χ1n) is 11.7. The SMILES string of the molecule is [C-]#[N+]C(C#N)=C1C2=C(CCCC2)OC2=C1CCCC2=Cc1sc(N(C)C)nc1-c1ccccc1. The van der Waals surface area contributed by atoms with Crippen molar-refractivity contribution < 1.29 is 4.74 Å². The summed E-state index contributed by atoms with van der Waals surface area (Å²) in [5, 5.41) is 10.7. The molecule has 0 spiro atoms. The van der Waals surface area contributed by atoms with Gasteiger partial charge in [-0.1, -0.05) is 41.7 Å². The normalized spacial score (nSPS) is 20.2. The van der Waals surface area contributed by atoms with Crippen molar-refractivity contribution in [1.82, 2.24) is 4.98 Å². The third kappa shape index (κ3) is 3.95. The first kappa shape index (κ1) is 22.2. The van der Waals surface area contributed by atoms with Gasteiger partial charge in [-0.15, -0.1) is 0 Å². The smallest absolute Gasteiger partial charge is 0.269 e. The molecule has 0 saturated carbocycles. The Hall–Kier alpha value is -3.61. The minimum atomic E-state index is 0.198. The number of nitrogens with zero attached hydrogens (tertiary/aromatic N) is 4. The molecule has 0 radical (unpaired) electrons. The van der Waals surface area contributed by atoms with Crippen LogP contribution in [0.4, 0.5) is 5.13 Å². The minimum absolute atomic E-state index is 0.198. The van der Waals surface area contributed by atoms with Crippen LogP contribution in [0.5, 0.6) is 0 Å². The van der Waals surface area contributed by atoms with Gasteiger partial charge in [-0.3, -0.25) is 0 Å². The lowest BCUT2D eigenvalue weighted by atomic mass is 9.79. The van der Waals surface area contributed by atoms with Crippen molar-refractivity contribution >= 4 is 22.5 Å². The first-order valence-corrected chi connectivity index (χ1v) is 12.5. The molecule has 5 rings (SSSR count). The van der Waals surface area contributed by atoms with Crippen molar-refractivity contribution in [3.8, 4) is 17.3 Å². The number of benzene rings is 1. The molecule has 0 amide bonds. The fourth-order valence-corrected chi connectivity index (χ4v) is 5.91. The zero-order valence-corrected chi connectivity index (χ0v) is 20.3. The Morgan fingerprint density at radius 3 is 2.62 bits per heavy atom. The quantitative estimate of drug-likeness (QED) is 0.353. The van der Waals surface area contributed by atoms with Crippen LogP contribution in [-0.4, -0.2) is 19.1 Å². The molecule has 170 valence electrons. The molecule has 0 saturated heterocycles. The van der Waals surface area contributed by atoms with E-state index in [9.17, 15) is 5.26 Å². The number of anilines is 1. The number of nitriles is 1. The van der Waals surface area contributed by atoms with Gasteiger partial charge in [-0.25, -0.2) is 15.1 Å². The summed E-state index contributed by atoms with van der Waals surface area (Å²) in [5.41, 5.74) is 6.35. The summed E-state index contributed by atoms with van der Waals surface area (Å²) in [5.74, 6) is 1.81. The molecular weight excluding hydrogens is 440 g/mol. The maximum Gasteiger partial charge on any atom is 0.269 e. The highest BCUT2D eigenvalue weighted by molar-refractivity contribution is 7.16. The van der Waals surface area contributed by atoms with Gasteiger partial charge in [0.25, 0.3) is 5.70 Å². The van der Waals surface area contributed by atoms with E-state index < -0.39 is 0 Å². The van der Waals surface area contributed by atoms with E-state index in [4.69, 9.17) is 16.3 Å². The summed E-state index contributed by atoms with van der Waals surface area (Å²) in [7, 11) is 4.02. The number of thiazole rings is 1. The molecule has 2 heterocycles. The van der Waals surface area contributed by atoms with E-state index in [-0.39, 0.29) is 5.70 Å². The van der Waals surface area contributed by atoms with E-state index in [2.05, 4.69) is 29.1 Å². The van der Waals surface area contributed by atoms with Crippen LogP contribution in [0.1, 0.15) is 49.8 Å². The molecule has 1 aromatic heterocycles. The predicted molar refractivity (Wildman–Crippen MR) is 137 cm³/mol. The molecule has 34 heavy (non-hydrogen) atoms. The highest BCUT2D eigenvalue weighted by Gasteiger charge is 2.34. The van der Waals surface area contributed by atoms with Crippen molar-refractivity contribution in [3.63, 3.8) is 0 Å². The second kappa shape index (κ2) is 9.33. The lowest BCUT2D eigenvalue weighted by molar-refractivity contribution is 0.264. The van der Waals surface area contributed by atoms with E-state index in [1.165, 1.54) is 0 Å². The number of aromatic nitrogens is 1. The summed E-state index contributed by atoms with van der Waals surface area (Å²) in [6.45, 7) is 7.64. The van der Waals surface area contributed by atoms with Crippen LogP contribution in [0.2, 0.25) is 0 Å². The van der Waals surface area contributed by atoms with Crippen LogP contribution in [-0.2, 0) is 4.74 Å². The molecular formula is C28H26N4OS. The van der Waals surface area contributed by atoms with Crippen molar-refractivity contribution in [3.05, 3.63) is 86.1 Å². The molecule has 0 unspecified atom stereocenters. The van der Waals surface area contributed by atoms with Crippen molar-refractivity contribution in [2.24, 2.45) is 0 Å². The molecule has 0 N–H and O–H groups in total. The van der Waals surface area contributed by atoms with Gasteiger partial charge in [0.2, 0.25) is 0 Å². The highest BCUT2D eigenvalue weighted by atomic mass is 32.1. The molecule has 2 aliphatic carbocycles. The maximum absolute atomic E-state index is 9.74. The Morgan fingerprint density at radius 1 is 1.12 bits per heavy atom. The number of ether oxygens (including phenoxy) is 1. The standard InChI is InChI=1S/C28H26N4OS/c1-30-22(17-29)25-20-13-7-8-15-23(20)33-27-19(12-9-14-21(25)27)16-24-26(18-10-5-4-6-11-18)31-28(34-24)32(2)3/h4-6,10-11,16H,7-9,12-15H2,2-3H3. The molecule has 5 nitrogen and oxygen atoms in total. The van der Waals surface area contributed by atoms with Crippen molar-refractivity contribution in [1.29, 1.82) is 5.26 Å². The molecule has 0 fully saturated rings. The van der Waals surface area contributed by atoms with E-state index >= 15 is 0 Å². The summed E-state index contributed by atoms with van der Waals surface area (Å²) < 4.78 is 6.57. The average Bonchev–Trinajstić information content (AvgIpc) is 3.29. The monoisotopic (exact) mass is 466 g/mol. The van der Waals surface area contributed by atoms with Gasteiger partial charge in [0.05, 0.1) is 23.2 Å². The van der Waals surface area contributed by atoms with Gasteiger partial charge in [-0.2, -0.15) is 0 Å². The lowest BCUT2D eigenvalue weighted by Crippen LogP contribution is -2.19. The second-order valence-corrected chi connectivity index (χ2v) is 9.97. The van der Waals surface area contributed by atoms with Crippen LogP contribution in [0, 0.1) is 17.9 Å². The summed E-state index contributed by atoms with van der Waals surface area (Å²) in [6, 6.07) is 12.4. The second-order valence-electron chi connectivity index (χ2n) is 8.96. The Bertz CT molecular complexity index is 1330. The largest absolute Gasteiger partial charge is 0.461 e. The fourth-order valence-electron chi connectivity index (χ4n) is 4.93. The van der Waals surface area contributed by atoms with Gasteiger partial charge in [0, 0.05) is 31.7 Å². The van der Waals surface area contributed by atoms with Crippen molar-refractivity contribution in [2.45, 2.75) is 44.9 Å².